The topological polar surface area (TPSA) is 67.6 Å². The maximum Gasteiger partial charge on any atom is 0.239 e. The van der Waals surface area contributed by atoms with Gasteiger partial charge in [-0.1, -0.05) is 19.3 Å². The second-order valence-corrected chi connectivity index (χ2v) is 7.35. The van der Waals surface area contributed by atoms with Crippen LogP contribution in [0.5, 0.6) is 5.75 Å². The number of amides is 1. The van der Waals surface area contributed by atoms with Crippen molar-refractivity contribution in [3.8, 4) is 5.75 Å². The summed E-state index contributed by atoms with van der Waals surface area (Å²) in [5, 5.41) is 3.19. The number of ether oxygens (including phenoxy) is 1. The van der Waals surface area contributed by atoms with Crippen molar-refractivity contribution in [2.24, 2.45) is 0 Å². The molecule has 5 heteroatoms. The first-order valence-electron chi connectivity index (χ1n) is 8.56. The Morgan fingerprint density at radius 3 is 2.83 bits per heavy atom. The molecule has 1 fully saturated rings. The zero-order chi connectivity index (χ0) is 16.4. The van der Waals surface area contributed by atoms with E-state index in [1.54, 1.807) is 0 Å². The van der Waals surface area contributed by atoms with Crippen LogP contribution in [-0.4, -0.2) is 30.6 Å². The lowest BCUT2D eigenvalue weighted by Gasteiger charge is -2.40. The molecule has 1 aromatic carbocycles. The van der Waals surface area contributed by atoms with Crippen molar-refractivity contribution in [2.75, 3.05) is 23.7 Å². The molecule has 0 bridgehead atoms. The van der Waals surface area contributed by atoms with E-state index in [4.69, 9.17) is 10.5 Å². The van der Waals surface area contributed by atoms with Crippen molar-refractivity contribution in [3.05, 3.63) is 18.2 Å². The minimum atomic E-state index is -0.325. The Balaban J connectivity index is 1.71. The number of fused-ring (bicyclic) bond motifs is 1. The monoisotopic (exact) mass is 317 g/mol. The summed E-state index contributed by atoms with van der Waals surface area (Å²) in [5.74, 6) is 0.879. The van der Waals surface area contributed by atoms with Crippen molar-refractivity contribution in [1.82, 2.24) is 5.32 Å². The third-order valence-corrected chi connectivity index (χ3v) is 4.59. The number of hydrogen-bond donors (Lipinski definition) is 2. The molecule has 1 saturated carbocycles. The number of nitrogens with two attached hydrogens (primary N) is 1. The number of anilines is 2. The predicted molar refractivity (Wildman–Crippen MR) is 92.8 cm³/mol. The van der Waals surface area contributed by atoms with Gasteiger partial charge in [0.1, 0.15) is 11.4 Å². The summed E-state index contributed by atoms with van der Waals surface area (Å²) < 4.78 is 6.01. The molecule has 2 aliphatic rings. The number of carbonyl (C=O) groups excluding carboxylic acids is 1. The minimum Gasteiger partial charge on any atom is -0.484 e. The van der Waals surface area contributed by atoms with E-state index in [0.29, 0.717) is 24.8 Å². The van der Waals surface area contributed by atoms with Gasteiger partial charge in [0.2, 0.25) is 5.91 Å². The van der Waals surface area contributed by atoms with E-state index >= 15 is 0 Å². The van der Waals surface area contributed by atoms with Crippen LogP contribution in [0.1, 0.15) is 46.0 Å². The first-order valence-corrected chi connectivity index (χ1v) is 8.56. The molecule has 0 atom stereocenters. The van der Waals surface area contributed by atoms with Crippen LogP contribution in [0.15, 0.2) is 18.2 Å². The number of hydrogen-bond acceptors (Lipinski definition) is 4. The van der Waals surface area contributed by atoms with Crippen LogP contribution < -0.4 is 20.7 Å². The third kappa shape index (κ3) is 3.89. The number of nitrogen functional groups attached to an aromatic ring is 1. The Bertz CT molecular complexity index is 580. The van der Waals surface area contributed by atoms with Crippen LogP contribution in [-0.2, 0) is 4.79 Å². The molecule has 1 aliphatic heterocycles. The molecule has 3 N–H and O–H groups in total. The molecular formula is C18H27N3O2. The molecule has 5 nitrogen and oxygen atoms in total. The molecule has 0 radical (unpaired) electrons. The Hall–Kier alpha value is -1.91. The minimum absolute atomic E-state index is 0.0861. The maximum atomic E-state index is 12.5. The molecule has 1 amide bonds. The van der Waals surface area contributed by atoms with Gasteiger partial charge in [-0.25, -0.2) is 0 Å². The lowest BCUT2D eigenvalue weighted by Crippen LogP contribution is -2.51. The average molecular weight is 317 g/mol. The molecule has 0 unspecified atom stereocenters. The fraction of sp³-hybridized carbons (Fsp3) is 0.611. The van der Waals surface area contributed by atoms with Gasteiger partial charge in [-0.15, -0.1) is 0 Å². The van der Waals surface area contributed by atoms with E-state index in [1.165, 1.54) is 19.3 Å². The number of nitrogens with one attached hydrogen (secondary N) is 1. The zero-order valence-corrected chi connectivity index (χ0v) is 14.1. The second kappa shape index (κ2) is 6.30. The maximum absolute atomic E-state index is 12.5. The Morgan fingerprint density at radius 2 is 2.09 bits per heavy atom. The van der Waals surface area contributed by atoms with Crippen LogP contribution in [0, 0.1) is 0 Å². The third-order valence-electron chi connectivity index (χ3n) is 4.59. The fourth-order valence-corrected chi connectivity index (χ4v) is 3.58. The van der Waals surface area contributed by atoms with Crippen LogP contribution in [0.2, 0.25) is 0 Å². The molecule has 23 heavy (non-hydrogen) atoms. The molecule has 0 spiro atoms. The van der Waals surface area contributed by atoms with Gasteiger partial charge >= 0.3 is 0 Å². The lowest BCUT2D eigenvalue weighted by atomic mass is 9.95. The van der Waals surface area contributed by atoms with Crippen molar-refractivity contribution in [1.29, 1.82) is 0 Å². The first-order chi connectivity index (χ1) is 10.9. The highest BCUT2D eigenvalue weighted by Crippen LogP contribution is 2.38. The molecule has 3 rings (SSSR count). The normalized spacial score (nSPS) is 20.5. The van der Waals surface area contributed by atoms with E-state index in [0.717, 1.165) is 24.3 Å². The molecule has 1 heterocycles. The highest BCUT2D eigenvalue weighted by molar-refractivity contribution is 5.83. The van der Waals surface area contributed by atoms with Crippen LogP contribution in [0.25, 0.3) is 0 Å². The SMILES string of the molecule is CC1(C)CN(CC(=O)NC2CCCCC2)c2cc(N)ccc2O1. The number of nitrogens with zero attached hydrogens (tertiary/aromatic N) is 1. The average Bonchev–Trinajstić information content (AvgIpc) is 2.48. The van der Waals surface area contributed by atoms with E-state index in [2.05, 4.69) is 10.2 Å². The van der Waals surface area contributed by atoms with Crippen molar-refractivity contribution >= 4 is 17.3 Å². The van der Waals surface area contributed by atoms with Gasteiger partial charge in [0.25, 0.3) is 0 Å². The van der Waals surface area contributed by atoms with Gasteiger partial charge in [-0.2, -0.15) is 0 Å². The largest absolute Gasteiger partial charge is 0.484 e. The summed E-state index contributed by atoms with van der Waals surface area (Å²) in [6.45, 7) is 5.10. The summed E-state index contributed by atoms with van der Waals surface area (Å²) in [6.07, 6.45) is 5.92. The first kappa shape index (κ1) is 16.0. The zero-order valence-electron chi connectivity index (χ0n) is 14.1. The van der Waals surface area contributed by atoms with E-state index < -0.39 is 0 Å². The van der Waals surface area contributed by atoms with Gasteiger partial charge < -0.3 is 20.7 Å². The molecule has 126 valence electrons. The summed E-state index contributed by atoms with van der Waals surface area (Å²) in [6, 6.07) is 5.95. The van der Waals surface area contributed by atoms with Crippen LogP contribution in [0.4, 0.5) is 11.4 Å². The van der Waals surface area contributed by atoms with Gasteiger partial charge in [0.05, 0.1) is 18.8 Å². The summed E-state index contributed by atoms with van der Waals surface area (Å²) >= 11 is 0. The van der Waals surface area contributed by atoms with Gasteiger partial charge in [0, 0.05) is 11.7 Å². The Labute approximate surface area is 138 Å². The number of rotatable bonds is 3. The highest BCUT2D eigenvalue weighted by Gasteiger charge is 2.33. The highest BCUT2D eigenvalue weighted by atomic mass is 16.5. The van der Waals surface area contributed by atoms with Gasteiger partial charge in [-0.3, -0.25) is 4.79 Å². The Kier molecular flexibility index (Phi) is 4.37. The second-order valence-electron chi connectivity index (χ2n) is 7.35. The van der Waals surface area contributed by atoms with Crippen LogP contribution in [0.3, 0.4) is 0 Å². The van der Waals surface area contributed by atoms with Gasteiger partial charge in [0.15, 0.2) is 0 Å². The van der Waals surface area contributed by atoms with Crippen LogP contribution >= 0.6 is 0 Å². The van der Waals surface area contributed by atoms with Crippen molar-refractivity contribution in [2.45, 2.75) is 57.6 Å². The molecule has 0 saturated heterocycles. The van der Waals surface area contributed by atoms with E-state index in [1.807, 2.05) is 32.0 Å². The summed E-state index contributed by atoms with van der Waals surface area (Å²) in [4.78, 5) is 14.5. The molecule has 1 aromatic rings. The Morgan fingerprint density at radius 1 is 1.35 bits per heavy atom. The molecular weight excluding hydrogens is 290 g/mol. The predicted octanol–water partition coefficient (Wildman–Crippen LogP) is 2.70. The number of carbonyl (C=O) groups is 1. The smallest absolute Gasteiger partial charge is 0.239 e. The summed E-state index contributed by atoms with van der Waals surface area (Å²) in [5.41, 5.74) is 7.17. The number of benzene rings is 1. The van der Waals surface area contributed by atoms with E-state index in [-0.39, 0.29) is 11.5 Å². The van der Waals surface area contributed by atoms with Crippen molar-refractivity contribution in [3.63, 3.8) is 0 Å². The quantitative estimate of drug-likeness (QED) is 0.841. The summed E-state index contributed by atoms with van der Waals surface area (Å²) in [7, 11) is 0. The molecule has 0 aromatic heterocycles. The lowest BCUT2D eigenvalue weighted by molar-refractivity contribution is -0.120. The standard InChI is InChI=1S/C18H27N3O2/c1-18(2)12-21(15-10-13(19)8-9-16(15)23-18)11-17(22)20-14-6-4-3-5-7-14/h8-10,14H,3-7,11-12,19H2,1-2H3,(H,20,22). The fourth-order valence-electron chi connectivity index (χ4n) is 3.58. The van der Waals surface area contributed by atoms with E-state index in [9.17, 15) is 4.79 Å². The van der Waals surface area contributed by atoms with Crippen molar-refractivity contribution < 1.29 is 9.53 Å². The molecule has 1 aliphatic carbocycles. The van der Waals surface area contributed by atoms with Gasteiger partial charge in [-0.05, 0) is 44.9 Å².